The van der Waals surface area contributed by atoms with E-state index in [1.165, 1.54) is 26.1 Å². The highest BCUT2D eigenvalue weighted by Crippen LogP contribution is 2.26. The molecular weight excluding hydrogens is 210 g/mol. The van der Waals surface area contributed by atoms with Gasteiger partial charge in [0.15, 0.2) is 0 Å². The van der Waals surface area contributed by atoms with Crippen LogP contribution in [0.2, 0.25) is 0 Å². The summed E-state index contributed by atoms with van der Waals surface area (Å²) in [5.41, 5.74) is 0.396. The van der Waals surface area contributed by atoms with E-state index in [1.54, 1.807) is 0 Å². The Labute approximate surface area is 108 Å². The molecule has 1 fully saturated rings. The van der Waals surface area contributed by atoms with Crippen molar-refractivity contribution in [2.45, 2.75) is 46.2 Å². The van der Waals surface area contributed by atoms with Crippen molar-refractivity contribution in [2.24, 2.45) is 5.41 Å². The van der Waals surface area contributed by atoms with Gasteiger partial charge in [-0.05, 0) is 46.3 Å². The number of likely N-dealkylation sites (N-methyl/N-ethyl adjacent to an activating group) is 1. The molecule has 0 aromatic rings. The molecule has 0 radical (unpaired) electrons. The average molecular weight is 241 g/mol. The van der Waals surface area contributed by atoms with Crippen LogP contribution in [0.5, 0.6) is 0 Å². The standard InChI is InChI=1S/C14H31N3/c1-12(2)17-11-14(3,4)10-16(6)9-13(17)7-8-15-5/h12-13,15H,7-11H2,1-6H3. The molecule has 17 heavy (non-hydrogen) atoms. The van der Waals surface area contributed by atoms with Crippen LogP contribution in [-0.4, -0.2) is 62.2 Å². The van der Waals surface area contributed by atoms with Crippen LogP contribution in [0.1, 0.15) is 34.1 Å². The van der Waals surface area contributed by atoms with Crippen LogP contribution >= 0.6 is 0 Å². The molecule has 102 valence electrons. The molecular formula is C14H31N3. The third kappa shape index (κ3) is 4.57. The molecule has 1 saturated heterocycles. The van der Waals surface area contributed by atoms with Gasteiger partial charge < -0.3 is 10.2 Å². The van der Waals surface area contributed by atoms with E-state index in [0.717, 1.165) is 6.54 Å². The van der Waals surface area contributed by atoms with Gasteiger partial charge in [0, 0.05) is 31.7 Å². The summed E-state index contributed by atoms with van der Waals surface area (Å²) in [5, 5.41) is 3.29. The molecule has 3 heteroatoms. The van der Waals surface area contributed by atoms with Crippen molar-refractivity contribution >= 4 is 0 Å². The summed E-state index contributed by atoms with van der Waals surface area (Å²) >= 11 is 0. The molecule has 1 N–H and O–H groups in total. The first kappa shape index (κ1) is 14.9. The number of hydrogen-bond donors (Lipinski definition) is 1. The zero-order valence-corrected chi connectivity index (χ0v) is 12.6. The van der Waals surface area contributed by atoms with Gasteiger partial charge in [-0.15, -0.1) is 0 Å². The highest BCUT2D eigenvalue weighted by Gasteiger charge is 2.33. The van der Waals surface area contributed by atoms with Gasteiger partial charge >= 0.3 is 0 Å². The predicted molar refractivity (Wildman–Crippen MR) is 75.5 cm³/mol. The lowest BCUT2D eigenvalue weighted by atomic mass is 9.92. The molecule has 1 aliphatic heterocycles. The Bertz CT molecular complexity index is 226. The molecule has 1 unspecified atom stereocenters. The molecule has 0 bridgehead atoms. The van der Waals surface area contributed by atoms with Crippen LogP contribution in [0.15, 0.2) is 0 Å². The normalized spacial score (nSPS) is 27.4. The summed E-state index contributed by atoms with van der Waals surface area (Å²) in [7, 11) is 4.31. The first-order valence-corrected chi connectivity index (χ1v) is 6.94. The van der Waals surface area contributed by atoms with E-state index in [4.69, 9.17) is 0 Å². The van der Waals surface area contributed by atoms with Gasteiger partial charge in [0.05, 0.1) is 0 Å². The minimum Gasteiger partial charge on any atom is -0.320 e. The molecule has 0 saturated carbocycles. The zero-order valence-electron chi connectivity index (χ0n) is 12.6. The van der Waals surface area contributed by atoms with E-state index in [2.05, 4.69) is 49.9 Å². The molecule has 1 aliphatic rings. The molecule has 1 atom stereocenters. The Kier molecular flexibility index (Phi) is 5.42. The van der Waals surface area contributed by atoms with E-state index >= 15 is 0 Å². The third-order valence-corrected chi connectivity index (χ3v) is 3.69. The first-order chi connectivity index (χ1) is 7.85. The highest BCUT2D eigenvalue weighted by molar-refractivity contribution is 4.88. The van der Waals surface area contributed by atoms with Crippen LogP contribution in [0, 0.1) is 5.41 Å². The van der Waals surface area contributed by atoms with Crippen LogP contribution in [-0.2, 0) is 0 Å². The fourth-order valence-electron chi connectivity index (χ4n) is 3.11. The van der Waals surface area contributed by atoms with E-state index in [1.807, 2.05) is 7.05 Å². The average Bonchev–Trinajstić information content (AvgIpc) is 2.30. The Hall–Kier alpha value is -0.120. The van der Waals surface area contributed by atoms with Gasteiger partial charge in [0.25, 0.3) is 0 Å². The van der Waals surface area contributed by atoms with Crippen LogP contribution < -0.4 is 5.32 Å². The van der Waals surface area contributed by atoms with E-state index in [9.17, 15) is 0 Å². The van der Waals surface area contributed by atoms with E-state index in [0.29, 0.717) is 17.5 Å². The summed E-state index contributed by atoms with van der Waals surface area (Å²) in [4.78, 5) is 5.20. The maximum absolute atomic E-state index is 3.29. The summed E-state index contributed by atoms with van der Waals surface area (Å²) in [5.74, 6) is 0. The van der Waals surface area contributed by atoms with Gasteiger partial charge in [0.1, 0.15) is 0 Å². The second kappa shape index (κ2) is 6.17. The maximum Gasteiger partial charge on any atom is 0.0238 e. The molecule has 0 spiro atoms. The van der Waals surface area contributed by atoms with Crippen molar-refractivity contribution in [1.82, 2.24) is 15.1 Å². The van der Waals surface area contributed by atoms with Crippen molar-refractivity contribution in [1.29, 1.82) is 0 Å². The van der Waals surface area contributed by atoms with Gasteiger partial charge in [-0.1, -0.05) is 13.8 Å². The van der Waals surface area contributed by atoms with Gasteiger partial charge in [-0.3, -0.25) is 4.90 Å². The number of hydrogen-bond acceptors (Lipinski definition) is 3. The number of rotatable bonds is 4. The molecule has 0 aromatic heterocycles. The summed E-state index contributed by atoms with van der Waals surface area (Å²) in [6.45, 7) is 14.2. The molecule has 1 heterocycles. The first-order valence-electron chi connectivity index (χ1n) is 6.94. The van der Waals surface area contributed by atoms with Crippen molar-refractivity contribution in [2.75, 3.05) is 40.3 Å². The largest absolute Gasteiger partial charge is 0.320 e. The second-order valence-corrected chi connectivity index (χ2v) is 6.67. The van der Waals surface area contributed by atoms with Crippen molar-refractivity contribution in [3.63, 3.8) is 0 Å². The van der Waals surface area contributed by atoms with Crippen molar-refractivity contribution < 1.29 is 0 Å². The molecule has 0 aromatic carbocycles. The van der Waals surface area contributed by atoms with Gasteiger partial charge in [-0.25, -0.2) is 0 Å². The van der Waals surface area contributed by atoms with Crippen molar-refractivity contribution in [3.8, 4) is 0 Å². The molecule has 1 rings (SSSR count). The minimum atomic E-state index is 0.396. The minimum absolute atomic E-state index is 0.396. The fraction of sp³-hybridized carbons (Fsp3) is 1.00. The summed E-state index contributed by atoms with van der Waals surface area (Å²) in [6.07, 6.45) is 1.25. The lowest BCUT2D eigenvalue weighted by Crippen LogP contribution is -2.46. The Morgan fingerprint density at radius 2 is 1.94 bits per heavy atom. The maximum atomic E-state index is 3.29. The fourth-order valence-corrected chi connectivity index (χ4v) is 3.11. The smallest absolute Gasteiger partial charge is 0.0238 e. The van der Waals surface area contributed by atoms with Crippen molar-refractivity contribution in [3.05, 3.63) is 0 Å². The molecule has 0 amide bonds. The SMILES string of the molecule is CNCCC1CN(C)CC(C)(C)CN1C(C)C. The Morgan fingerprint density at radius 3 is 2.47 bits per heavy atom. The Morgan fingerprint density at radius 1 is 1.29 bits per heavy atom. The molecule has 3 nitrogen and oxygen atoms in total. The van der Waals surface area contributed by atoms with Crippen LogP contribution in [0.3, 0.4) is 0 Å². The number of nitrogens with one attached hydrogen (secondary N) is 1. The lowest BCUT2D eigenvalue weighted by Gasteiger charge is -2.37. The third-order valence-electron chi connectivity index (χ3n) is 3.69. The molecule has 0 aliphatic carbocycles. The topological polar surface area (TPSA) is 18.5 Å². The van der Waals surface area contributed by atoms with Crippen LogP contribution in [0.4, 0.5) is 0 Å². The quantitative estimate of drug-likeness (QED) is 0.807. The Balaban J connectivity index is 2.76. The highest BCUT2D eigenvalue weighted by atomic mass is 15.3. The summed E-state index contributed by atoms with van der Waals surface area (Å²) in [6, 6.07) is 1.33. The van der Waals surface area contributed by atoms with E-state index in [-0.39, 0.29) is 0 Å². The monoisotopic (exact) mass is 241 g/mol. The van der Waals surface area contributed by atoms with E-state index < -0.39 is 0 Å². The van der Waals surface area contributed by atoms with Gasteiger partial charge in [0.2, 0.25) is 0 Å². The predicted octanol–water partition coefficient (Wildman–Crippen LogP) is 1.65. The zero-order chi connectivity index (χ0) is 13.1. The summed E-state index contributed by atoms with van der Waals surface area (Å²) < 4.78 is 0. The number of nitrogens with zero attached hydrogens (tertiary/aromatic N) is 2. The lowest BCUT2D eigenvalue weighted by molar-refractivity contribution is 0.115. The van der Waals surface area contributed by atoms with Crippen LogP contribution in [0.25, 0.3) is 0 Å². The second-order valence-electron chi connectivity index (χ2n) is 6.67. The van der Waals surface area contributed by atoms with Gasteiger partial charge in [-0.2, -0.15) is 0 Å².